The van der Waals surface area contributed by atoms with Crippen LogP contribution in [0.3, 0.4) is 0 Å². The molecular weight excluding hydrogens is 689 g/mol. The number of aryl methyl sites for hydroxylation is 1. The average molecular weight is 753 g/mol. The predicted octanol–water partition coefficient (Wildman–Crippen LogP) is 16.5. The quantitative estimate of drug-likeness (QED) is 0.0760. The molecule has 0 atom stereocenters. The molecule has 0 fully saturated rings. The summed E-state index contributed by atoms with van der Waals surface area (Å²) in [4.78, 5) is 5.10. The lowest BCUT2D eigenvalue weighted by atomic mass is 9.69. The van der Waals surface area contributed by atoms with E-state index in [0.717, 1.165) is 12.8 Å². The van der Waals surface area contributed by atoms with Crippen LogP contribution in [0.5, 0.6) is 0 Å². The highest BCUT2D eigenvalue weighted by Crippen LogP contribution is 2.57. The molecule has 7 rings (SSSR count). The molecule has 0 spiro atoms. The van der Waals surface area contributed by atoms with Crippen molar-refractivity contribution in [1.29, 1.82) is 0 Å². The number of hydrogen-bond acceptors (Lipinski definition) is 2. The van der Waals surface area contributed by atoms with E-state index in [9.17, 15) is 0 Å². The van der Waals surface area contributed by atoms with Crippen LogP contribution in [0.4, 0.5) is 28.4 Å². The number of anilines is 5. The molecule has 294 valence electrons. The molecule has 1 aliphatic carbocycles. The second kappa shape index (κ2) is 18.5. The normalized spacial score (nSPS) is 12.9. The van der Waals surface area contributed by atoms with Gasteiger partial charge >= 0.3 is 0 Å². The van der Waals surface area contributed by atoms with Crippen molar-refractivity contribution < 1.29 is 0 Å². The monoisotopic (exact) mass is 753 g/mol. The van der Waals surface area contributed by atoms with Gasteiger partial charge in [-0.3, -0.25) is 0 Å². The SMILES string of the molecule is CCCCCCC1(CCCCCC)c2cc(N(c3ccccc3)c3ccc(C)cc3)ccc2-c2ccc(C(CC)(CC)N(c3ccccc3)c3ccccc3)cc21. The lowest BCUT2D eigenvalue weighted by molar-refractivity contribution is 0.390. The number of rotatable bonds is 19. The van der Waals surface area contributed by atoms with Crippen LogP contribution in [0, 0.1) is 6.92 Å². The summed E-state index contributed by atoms with van der Waals surface area (Å²) < 4.78 is 0. The number of benzene rings is 6. The van der Waals surface area contributed by atoms with Gasteiger partial charge in [0.25, 0.3) is 0 Å². The van der Waals surface area contributed by atoms with Crippen molar-refractivity contribution in [3.05, 3.63) is 174 Å². The fraction of sp³-hybridized carbons (Fsp3) is 0.345. The zero-order valence-electron chi connectivity index (χ0n) is 35.3. The summed E-state index contributed by atoms with van der Waals surface area (Å²) in [7, 11) is 0. The number of unbranched alkanes of at least 4 members (excludes halogenated alkanes) is 6. The van der Waals surface area contributed by atoms with Gasteiger partial charge in [0.2, 0.25) is 0 Å². The fourth-order valence-corrected chi connectivity index (χ4v) is 9.90. The van der Waals surface area contributed by atoms with Crippen LogP contribution in [0.2, 0.25) is 0 Å². The highest BCUT2D eigenvalue weighted by atomic mass is 15.2. The van der Waals surface area contributed by atoms with Crippen LogP contribution in [0.15, 0.2) is 152 Å². The zero-order valence-corrected chi connectivity index (χ0v) is 35.3. The van der Waals surface area contributed by atoms with Gasteiger partial charge in [-0.05, 0) is 121 Å². The van der Waals surface area contributed by atoms with Gasteiger partial charge in [0.05, 0.1) is 5.54 Å². The Kier molecular flexibility index (Phi) is 13.0. The lowest BCUT2D eigenvalue weighted by Gasteiger charge is -2.46. The molecule has 0 saturated heterocycles. The van der Waals surface area contributed by atoms with Crippen LogP contribution in [-0.2, 0) is 11.0 Å². The Bertz CT molecular complexity index is 2100. The maximum atomic E-state index is 2.69. The Labute approximate surface area is 344 Å². The summed E-state index contributed by atoms with van der Waals surface area (Å²) in [5.74, 6) is 0. The van der Waals surface area contributed by atoms with Crippen molar-refractivity contribution in [2.45, 2.75) is 123 Å². The summed E-state index contributed by atoms with van der Waals surface area (Å²) in [6, 6.07) is 57.2. The third-order valence-electron chi connectivity index (χ3n) is 13.0. The van der Waals surface area contributed by atoms with Gasteiger partial charge in [-0.2, -0.15) is 0 Å². The number of nitrogens with zero attached hydrogens (tertiary/aromatic N) is 2. The van der Waals surface area contributed by atoms with Gasteiger partial charge in [-0.25, -0.2) is 0 Å². The van der Waals surface area contributed by atoms with Gasteiger partial charge in [0.15, 0.2) is 0 Å². The Morgan fingerprint density at radius 1 is 0.439 bits per heavy atom. The van der Waals surface area contributed by atoms with E-state index in [1.54, 1.807) is 5.56 Å². The molecule has 0 saturated carbocycles. The van der Waals surface area contributed by atoms with E-state index in [2.05, 4.69) is 196 Å². The maximum Gasteiger partial charge on any atom is 0.0697 e. The predicted molar refractivity (Wildman–Crippen MR) is 247 cm³/mol. The first-order valence-electron chi connectivity index (χ1n) is 22.1. The van der Waals surface area contributed by atoms with Crippen molar-refractivity contribution in [3.63, 3.8) is 0 Å². The number of hydrogen-bond donors (Lipinski definition) is 0. The Morgan fingerprint density at radius 2 is 0.895 bits per heavy atom. The molecular formula is C55H64N2. The van der Waals surface area contributed by atoms with Crippen LogP contribution in [0.25, 0.3) is 11.1 Å². The van der Waals surface area contributed by atoms with Crippen molar-refractivity contribution in [2.75, 3.05) is 9.80 Å². The molecule has 0 aliphatic heterocycles. The summed E-state index contributed by atoms with van der Waals surface area (Å²) in [6.45, 7) is 11.6. The summed E-state index contributed by atoms with van der Waals surface area (Å²) in [6.07, 6.45) is 14.4. The van der Waals surface area contributed by atoms with E-state index in [0.29, 0.717) is 0 Å². The molecule has 0 aromatic heterocycles. The molecule has 0 heterocycles. The molecule has 1 aliphatic rings. The first-order valence-corrected chi connectivity index (χ1v) is 22.1. The van der Waals surface area contributed by atoms with Crippen LogP contribution >= 0.6 is 0 Å². The zero-order chi connectivity index (χ0) is 39.7. The van der Waals surface area contributed by atoms with Gasteiger partial charge < -0.3 is 9.80 Å². The van der Waals surface area contributed by atoms with Gasteiger partial charge in [0, 0.05) is 33.9 Å². The molecule has 6 aromatic carbocycles. The van der Waals surface area contributed by atoms with Crippen LogP contribution in [-0.4, -0.2) is 0 Å². The molecule has 6 aromatic rings. The number of para-hydroxylation sites is 3. The first kappa shape index (κ1) is 40.1. The van der Waals surface area contributed by atoms with Gasteiger partial charge in [0.1, 0.15) is 0 Å². The summed E-state index contributed by atoms with van der Waals surface area (Å²) >= 11 is 0. The Balaban J connectivity index is 1.44. The molecule has 0 bridgehead atoms. The maximum absolute atomic E-state index is 2.69. The van der Waals surface area contributed by atoms with Crippen LogP contribution < -0.4 is 9.80 Å². The van der Waals surface area contributed by atoms with E-state index >= 15 is 0 Å². The summed E-state index contributed by atoms with van der Waals surface area (Å²) in [5, 5.41) is 0. The molecule has 0 radical (unpaired) electrons. The topological polar surface area (TPSA) is 6.48 Å². The molecule has 0 amide bonds. The van der Waals surface area contributed by atoms with Gasteiger partial charge in [-0.15, -0.1) is 0 Å². The Morgan fingerprint density at radius 3 is 1.40 bits per heavy atom. The molecule has 57 heavy (non-hydrogen) atoms. The van der Waals surface area contributed by atoms with E-state index in [1.165, 1.54) is 120 Å². The third kappa shape index (κ3) is 8.07. The van der Waals surface area contributed by atoms with E-state index in [4.69, 9.17) is 0 Å². The summed E-state index contributed by atoms with van der Waals surface area (Å²) in [5.41, 5.74) is 14.4. The van der Waals surface area contributed by atoms with Crippen molar-refractivity contribution >= 4 is 28.4 Å². The standard InChI is InChI=1S/C55H64N2/c1-6-10-12-23-39-54(40-24-13-11-7-2)52-41-44(55(8-3,9-4)57(47-27-19-15-20-28-47)48-29-21-16-22-30-48)33-37-50(52)51-38-36-49(42-53(51)54)56(45-25-17-14-18-26-45)46-34-31-43(5)32-35-46/h14-22,25-38,41-42H,6-13,23-24,39-40H2,1-5H3. The first-order chi connectivity index (χ1) is 28.0. The van der Waals surface area contributed by atoms with E-state index in [1.807, 2.05) is 0 Å². The van der Waals surface area contributed by atoms with Crippen molar-refractivity contribution in [3.8, 4) is 11.1 Å². The van der Waals surface area contributed by atoms with E-state index in [-0.39, 0.29) is 11.0 Å². The second-order valence-corrected chi connectivity index (χ2v) is 16.4. The minimum atomic E-state index is -0.233. The minimum absolute atomic E-state index is 0.0641. The second-order valence-electron chi connectivity index (χ2n) is 16.4. The minimum Gasteiger partial charge on any atom is -0.331 e. The largest absolute Gasteiger partial charge is 0.331 e. The Hall–Kier alpha value is -5.08. The third-order valence-corrected chi connectivity index (χ3v) is 13.0. The molecule has 2 heteroatoms. The van der Waals surface area contributed by atoms with E-state index < -0.39 is 0 Å². The van der Waals surface area contributed by atoms with Crippen molar-refractivity contribution in [2.24, 2.45) is 0 Å². The van der Waals surface area contributed by atoms with Crippen molar-refractivity contribution in [1.82, 2.24) is 0 Å². The number of fused-ring (bicyclic) bond motifs is 3. The smallest absolute Gasteiger partial charge is 0.0697 e. The lowest BCUT2D eigenvalue weighted by Crippen LogP contribution is -2.43. The molecule has 2 nitrogen and oxygen atoms in total. The molecule has 0 unspecified atom stereocenters. The van der Waals surface area contributed by atoms with Crippen LogP contribution in [0.1, 0.15) is 127 Å². The highest BCUT2D eigenvalue weighted by molar-refractivity contribution is 5.86. The highest BCUT2D eigenvalue weighted by Gasteiger charge is 2.45. The average Bonchev–Trinajstić information content (AvgIpc) is 3.53. The molecule has 0 N–H and O–H groups in total. The van der Waals surface area contributed by atoms with Gasteiger partial charge in [-0.1, -0.05) is 176 Å². The fourth-order valence-electron chi connectivity index (χ4n) is 9.90.